The molecule has 0 spiro atoms. The topological polar surface area (TPSA) is 60.9 Å². The monoisotopic (exact) mass is 352 g/mol. The van der Waals surface area contributed by atoms with E-state index in [1.165, 1.54) is 0 Å². The molecule has 1 saturated carbocycles. The number of piperazine rings is 1. The second-order valence-electron chi connectivity index (χ2n) is 7.20. The predicted molar refractivity (Wildman–Crippen MR) is 95.2 cm³/mol. The summed E-state index contributed by atoms with van der Waals surface area (Å²) in [6.45, 7) is 2.47. The van der Waals surface area contributed by atoms with Gasteiger partial charge in [-0.1, -0.05) is 49.6 Å². The van der Waals surface area contributed by atoms with Crippen molar-refractivity contribution in [3.05, 3.63) is 35.9 Å². The summed E-state index contributed by atoms with van der Waals surface area (Å²) in [6, 6.07) is 9.27. The fourth-order valence-corrected chi connectivity index (χ4v) is 6.27. The molecule has 2 aliphatic rings. The first kappa shape index (κ1) is 17.9. The van der Waals surface area contributed by atoms with E-state index in [-0.39, 0.29) is 0 Å². The van der Waals surface area contributed by atoms with Gasteiger partial charge in [-0.3, -0.25) is 0 Å². The van der Waals surface area contributed by atoms with Crippen LogP contribution in [0.2, 0.25) is 0 Å². The second-order valence-corrected chi connectivity index (χ2v) is 9.22. The van der Waals surface area contributed by atoms with Gasteiger partial charge in [-0.15, -0.1) is 0 Å². The van der Waals surface area contributed by atoms with E-state index < -0.39 is 20.9 Å². The fraction of sp³-hybridized carbons (Fsp3) is 0.667. The first-order valence-corrected chi connectivity index (χ1v) is 10.4. The molecule has 1 aromatic carbocycles. The highest BCUT2D eigenvalue weighted by molar-refractivity contribution is 7.89. The number of benzene rings is 1. The zero-order valence-electron chi connectivity index (χ0n) is 14.4. The Kier molecular flexibility index (Phi) is 5.30. The number of hydrogen-bond donors (Lipinski definition) is 1. The number of rotatable bonds is 4. The quantitative estimate of drug-likeness (QED) is 0.900. The van der Waals surface area contributed by atoms with Crippen molar-refractivity contribution in [1.29, 1.82) is 0 Å². The molecule has 0 amide bonds. The van der Waals surface area contributed by atoms with Crippen molar-refractivity contribution in [2.24, 2.45) is 0 Å². The lowest BCUT2D eigenvalue weighted by molar-refractivity contribution is -0.00233. The van der Waals surface area contributed by atoms with Crippen LogP contribution in [0.3, 0.4) is 0 Å². The molecular formula is C18H28N2O3S. The van der Waals surface area contributed by atoms with Crippen molar-refractivity contribution < 1.29 is 13.5 Å². The Bertz CT molecular complexity index is 633. The van der Waals surface area contributed by atoms with E-state index in [9.17, 15) is 13.5 Å². The van der Waals surface area contributed by atoms with Crippen LogP contribution in [0.1, 0.15) is 42.9 Å². The SMILES string of the molecule is CN1CCN(S(=O)(=O)[C@H](c2ccccc2)C2(O)CCCCC2)CC1. The Morgan fingerprint density at radius 3 is 2.17 bits per heavy atom. The maximum Gasteiger partial charge on any atom is 0.224 e. The van der Waals surface area contributed by atoms with Crippen molar-refractivity contribution in [2.75, 3.05) is 33.2 Å². The summed E-state index contributed by atoms with van der Waals surface area (Å²) in [4.78, 5) is 2.14. The van der Waals surface area contributed by atoms with Gasteiger partial charge in [0.15, 0.2) is 0 Å². The number of aliphatic hydroxyl groups is 1. The maximum absolute atomic E-state index is 13.4. The van der Waals surface area contributed by atoms with Crippen LogP contribution < -0.4 is 0 Å². The lowest BCUT2D eigenvalue weighted by Crippen LogP contribution is -2.52. The van der Waals surface area contributed by atoms with Gasteiger partial charge in [0.05, 0.1) is 5.60 Å². The van der Waals surface area contributed by atoms with Crippen LogP contribution in [-0.2, 0) is 10.0 Å². The second kappa shape index (κ2) is 7.12. The molecule has 1 aliphatic heterocycles. The number of sulfonamides is 1. The minimum atomic E-state index is -3.60. The van der Waals surface area contributed by atoms with Crippen LogP contribution in [-0.4, -0.2) is 61.6 Å². The Balaban J connectivity index is 1.98. The standard InChI is InChI=1S/C18H28N2O3S/c1-19-12-14-20(15-13-19)24(22,23)17(16-8-4-2-5-9-16)18(21)10-6-3-7-11-18/h2,4-5,8-9,17,21H,3,6-7,10-15H2,1H3/t17-/m1/s1. The molecule has 134 valence electrons. The van der Waals surface area contributed by atoms with Gasteiger partial charge in [0.1, 0.15) is 5.25 Å². The molecule has 2 fully saturated rings. The van der Waals surface area contributed by atoms with E-state index in [0.29, 0.717) is 31.5 Å². The van der Waals surface area contributed by atoms with E-state index >= 15 is 0 Å². The average molecular weight is 353 g/mol. The first-order valence-electron chi connectivity index (χ1n) is 8.88. The highest BCUT2D eigenvalue weighted by Crippen LogP contribution is 2.44. The third-order valence-electron chi connectivity index (χ3n) is 5.43. The van der Waals surface area contributed by atoms with E-state index in [1.54, 1.807) is 4.31 Å². The van der Waals surface area contributed by atoms with Crippen molar-refractivity contribution in [1.82, 2.24) is 9.21 Å². The van der Waals surface area contributed by atoms with Gasteiger partial charge in [0.25, 0.3) is 0 Å². The first-order chi connectivity index (χ1) is 11.4. The molecular weight excluding hydrogens is 324 g/mol. The third kappa shape index (κ3) is 3.52. The Morgan fingerprint density at radius 2 is 1.58 bits per heavy atom. The highest BCUT2D eigenvalue weighted by Gasteiger charge is 2.48. The normalized spacial score (nSPS) is 24.6. The molecule has 1 aromatic rings. The molecule has 1 atom stereocenters. The summed E-state index contributed by atoms with van der Waals surface area (Å²) in [7, 11) is -1.59. The van der Waals surface area contributed by atoms with Crippen LogP contribution in [0.25, 0.3) is 0 Å². The van der Waals surface area contributed by atoms with Gasteiger partial charge in [-0.05, 0) is 25.5 Å². The largest absolute Gasteiger partial charge is 0.388 e. The Hall–Kier alpha value is -0.950. The summed E-state index contributed by atoms with van der Waals surface area (Å²) in [5, 5.41) is 10.4. The van der Waals surface area contributed by atoms with E-state index in [1.807, 2.05) is 37.4 Å². The van der Waals surface area contributed by atoms with Crippen molar-refractivity contribution >= 4 is 10.0 Å². The van der Waals surface area contributed by atoms with E-state index in [4.69, 9.17) is 0 Å². The molecule has 1 aliphatic carbocycles. The van der Waals surface area contributed by atoms with Crippen LogP contribution in [0.5, 0.6) is 0 Å². The molecule has 0 radical (unpaired) electrons. The number of likely N-dealkylation sites (N-methyl/N-ethyl adjacent to an activating group) is 1. The molecule has 1 heterocycles. The summed E-state index contributed by atoms with van der Waals surface area (Å²) >= 11 is 0. The van der Waals surface area contributed by atoms with Gasteiger partial charge in [0.2, 0.25) is 10.0 Å². The molecule has 1 N–H and O–H groups in total. The van der Waals surface area contributed by atoms with E-state index in [0.717, 1.165) is 32.4 Å². The molecule has 0 aromatic heterocycles. The van der Waals surface area contributed by atoms with Gasteiger partial charge < -0.3 is 10.0 Å². The summed E-state index contributed by atoms with van der Waals surface area (Å²) in [6.07, 6.45) is 3.95. The minimum absolute atomic E-state index is 0.498. The van der Waals surface area contributed by atoms with Gasteiger partial charge >= 0.3 is 0 Å². The van der Waals surface area contributed by atoms with Crippen molar-refractivity contribution in [3.63, 3.8) is 0 Å². The maximum atomic E-state index is 13.4. The zero-order chi connectivity index (χ0) is 17.2. The molecule has 3 rings (SSSR count). The lowest BCUT2D eigenvalue weighted by atomic mass is 9.80. The summed E-state index contributed by atoms with van der Waals surface area (Å²) < 4.78 is 28.5. The molecule has 0 bridgehead atoms. The number of nitrogens with zero attached hydrogens (tertiary/aromatic N) is 2. The van der Waals surface area contributed by atoms with Crippen LogP contribution in [0.15, 0.2) is 30.3 Å². The van der Waals surface area contributed by atoms with Gasteiger partial charge in [0, 0.05) is 26.2 Å². The summed E-state index contributed by atoms with van der Waals surface area (Å²) in [5.41, 5.74) is -0.456. The van der Waals surface area contributed by atoms with Crippen molar-refractivity contribution in [3.8, 4) is 0 Å². The Morgan fingerprint density at radius 1 is 1.00 bits per heavy atom. The molecule has 0 unspecified atom stereocenters. The van der Waals surface area contributed by atoms with E-state index in [2.05, 4.69) is 4.90 Å². The van der Waals surface area contributed by atoms with Crippen LogP contribution >= 0.6 is 0 Å². The van der Waals surface area contributed by atoms with Crippen molar-refractivity contribution in [2.45, 2.75) is 43.0 Å². The van der Waals surface area contributed by atoms with Crippen LogP contribution in [0, 0.1) is 0 Å². The molecule has 1 saturated heterocycles. The highest BCUT2D eigenvalue weighted by atomic mass is 32.2. The minimum Gasteiger partial charge on any atom is -0.388 e. The van der Waals surface area contributed by atoms with Crippen LogP contribution in [0.4, 0.5) is 0 Å². The predicted octanol–water partition coefficient (Wildman–Crippen LogP) is 2.00. The third-order valence-corrected chi connectivity index (χ3v) is 7.82. The van der Waals surface area contributed by atoms with Gasteiger partial charge in [-0.2, -0.15) is 4.31 Å². The average Bonchev–Trinajstić information content (AvgIpc) is 2.56. The Labute approximate surface area is 145 Å². The molecule has 24 heavy (non-hydrogen) atoms. The lowest BCUT2D eigenvalue weighted by Gasteiger charge is -2.42. The summed E-state index contributed by atoms with van der Waals surface area (Å²) in [5.74, 6) is 0. The molecule has 5 nitrogen and oxygen atoms in total. The smallest absolute Gasteiger partial charge is 0.224 e. The van der Waals surface area contributed by atoms with Gasteiger partial charge in [-0.25, -0.2) is 8.42 Å². The number of hydrogen-bond acceptors (Lipinski definition) is 4. The fourth-order valence-electron chi connectivity index (χ4n) is 4.01. The molecule has 6 heteroatoms. The zero-order valence-corrected chi connectivity index (χ0v) is 15.2.